The van der Waals surface area contributed by atoms with E-state index in [1.807, 2.05) is 20.8 Å². The lowest BCUT2D eigenvalue weighted by molar-refractivity contribution is -0.130. The van der Waals surface area contributed by atoms with Gasteiger partial charge in [-0.2, -0.15) is 0 Å². The number of carbonyl (C=O) groups excluding carboxylic acids is 2. The average Bonchev–Trinajstić information content (AvgIpc) is 2.45. The van der Waals surface area contributed by atoms with Crippen molar-refractivity contribution in [1.82, 2.24) is 10.3 Å². The number of hydrogen-bond donors (Lipinski definition) is 2. The molecule has 0 unspecified atom stereocenters. The third-order valence-corrected chi connectivity index (χ3v) is 3.12. The molecule has 1 heterocycles. The van der Waals surface area contributed by atoms with Gasteiger partial charge in [-0.25, -0.2) is 4.79 Å². The summed E-state index contributed by atoms with van der Waals surface area (Å²) in [5.74, 6) is -1.14. The van der Waals surface area contributed by atoms with Crippen molar-refractivity contribution < 1.29 is 14.3 Å². The first-order valence-electron chi connectivity index (χ1n) is 7.32. The number of aromatic nitrogens is 1. The van der Waals surface area contributed by atoms with Crippen LogP contribution in [0.15, 0.2) is 35.1 Å². The molecule has 1 aromatic heterocycles. The van der Waals surface area contributed by atoms with Crippen LogP contribution in [0, 0.1) is 0 Å². The second kappa shape index (κ2) is 6.24. The summed E-state index contributed by atoms with van der Waals surface area (Å²) in [7, 11) is 0. The summed E-state index contributed by atoms with van der Waals surface area (Å²) < 4.78 is 5.13. The second-order valence-corrected chi connectivity index (χ2v) is 6.39. The zero-order valence-electron chi connectivity index (χ0n) is 13.6. The number of amides is 1. The number of rotatable bonds is 3. The first-order chi connectivity index (χ1) is 10.7. The minimum absolute atomic E-state index is 0.0177. The van der Waals surface area contributed by atoms with E-state index in [1.54, 1.807) is 24.3 Å². The molecular weight excluding hydrogens is 296 g/mol. The van der Waals surface area contributed by atoms with Crippen LogP contribution in [0.1, 0.15) is 38.2 Å². The molecule has 0 aliphatic rings. The zero-order valence-corrected chi connectivity index (χ0v) is 13.6. The van der Waals surface area contributed by atoms with Crippen molar-refractivity contribution in [1.29, 1.82) is 0 Å². The predicted molar refractivity (Wildman–Crippen MR) is 87.3 cm³/mol. The number of esters is 1. The Morgan fingerprint density at radius 1 is 1.22 bits per heavy atom. The quantitative estimate of drug-likeness (QED) is 0.848. The van der Waals surface area contributed by atoms with Crippen molar-refractivity contribution in [3.8, 4) is 0 Å². The fourth-order valence-corrected chi connectivity index (χ4v) is 2.07. The molecule has 2 N–H and O–H groups in total. The molecule has 1 aromatic carbocycles. The van der Waals surface area contributed by atoms with E-state index < -0.39 is 23.5 Å². The van der Waals surface area contributed by atoms with Crippen LogP contribution in [0.25, 0.3) is 10.8 Å². The third-order valence-electron chi connectivity index (χ3n) is 3.12. The number of benzene rings is 1. The highest BCUT2D eigenvalue weighted by molar-refractivity contribution is 5.94. The molecule has 0 aliphatic heterocycles. The van der Waals surface area contributed by atoms with E-state index in [4.69, 9.17) is 4.74 Å². The molecule has 0 spiro atoms. The van der Waals surface area contributed by atoms with Gasteiger partial charge in [0.25, 0.3) is 11.5 Å². The fourth-order valence-electron chi connectivity index (χ4n) is 2.07. The number of aromatic amines is 1. The molecule has 0 radical (unpaired) electrons. The highest BCUT2D eigenvalue weighted by atomic mass is 16.5. The summed E-state index contributed by atoms with van der Waals surface area (Å²) in [6.07, 6.45) is -0.961. The topological polar surface area (TPSA) is 88.3 Å². The molecule has 0 bridgehead atoms. The van der Waals surface area contributed by atoms with Crippen LogP contribution in [0.5, 0.6) is 0 Å². The van der Waals surface area contributed by atoms with Crippen LogP contribution in [-0.2, 0) is 9.53 Å². The normalized spacial score (nSPS) is 12.7. The summed E-state index contributed by atoms with van der Waals surface area (Å²) >= 11 is 0. The maximum absolute atomic E-state index is 12.1. The molecule has 0 saturated heterocycles. The molecule has 0 aliphatic carbocycles. The van der Waals surface area contributed by atoms with Crippen molar-refractivity contribution in [3.63, 3.8) is 0 Å². The molecule has 23 heavy (non-hydrogen) atoms. The number of hydrogen-bond acceptors (Lipinski definition) is 4. The monoisotopic (exact) mass is 316 g/mol. The molecule has 0 fully saturated rings. The van der Waals surface area contributed by atoms with Crippen molar-refractivity contribution >= 4 is 22.6 Å². The maximum Gasteiger partial charge on any atom is 0.355 e. The van der Waals surface area contributed by atoms with Gasteiger partial charge in [0, 0.05) is 10.9 Å². The Morgan fingerprint density at radius 3 is 2.52 bits per heavy atom. The third kappa shape index (κ3) is 4.18. The van der Waals surface area contributed by atoms with Gasteiger partial charge in [-0.15, -0.1) is 0 Å². The van der Waals surface area contributed by atoms with Crippen molar-refractivity contribution in [2.45, 2.75) is 39.3 Å². The number of ether oxygens (including phenoxy) is 1. The van der Waals surface area contributed by atoms with E-state index in [2.05, 4.69) is 10.3 Å². The molecular formula is C17H20N2O4. The fraction of sp³-hybridized carbons (Fsp3) is 0.353. The molecule has 1 amide bonds. The maximum atomic E-state index is 12.1. The van der Waals surface area contributed by atoms with Crippen LogP contribution in [0.2, 0.25) is 0 Å². The summed E-state index contributed by atoms with van der Waals surface area (Å²) in [5, 5.41) is 3.85. The molecule has 0 saturated carbocycles. The number of H-pyrrole nitrogens is 1. The highest BCUT2D eigenvalue weighted by Crippen LogP contribution is 2.11. The smallest absolute Gasteiger partial charge is 0.355 e. The van der Waals surface area contributed by atoms with Crippen LogP contribution in [0.3, 0.4) is 0 Å². The Labute approximate surface area is 133 Å². The standard InChI is InChI=1S/C17H20N2O4/c1-10(14(20)19-17(2,3)4)23-16(22)13-9-11-7-5-6-8-12(11)15(21)18-13/h5-10H,1-4H3,(H,18,21)(H,19,20)/t10-/m1/s1. The van der Waals surface area contributed by atoms with E-state index in [-0.39, 0.29) is 11.3 Å². The summed E-state index contributed by atoms with van der Waals surface area (Å²) in [6, 6.07) is 8.46. The number of nitrogens with one attached hydrogen (secondary N) is 2. The number of carbonyl (C=O) groups is 2. The molecule has 122 valence electrons. The molecule has 6 heteroatoms. The highest BCUT2D eigenvalue weighted by Gasteiger charge is 2.23. The van der Waals surface area contributed by atoms with Crippen molar-refractivity contribution in [3.05, 3.63) is 46.4 Å². The van der Waals surface area contributed by atoms with Crippen LogP contribution in [-0.4, -0.2) is 28.5 Å². The summed E-state index contributed by atoms with van der Waals surface area (Å²) in [5.41, 5.74) is -0.777. The summed E-state index contributed by atoms with van der Waals surface area (Å²) in [4.78, 5) is 38.5. The van der Waals surface area contributed by atoms with Gasteiger partial charge >= 0.3 is 5.97 Å². The van der Waals surface area contributed by atoms with E-state index in [0.29, 0.717) is 10.8 Å². The van der Waals surface area contributed by atoms with E-state index in [9.17, 15) is 14.4 Å². The first-order valence-corrected chi connectivity index (χ1v) is 7.32. The van der Waals surface area contributed by atoms with Crippen molar-refractivity contribution in [2.24, 2.45) is 0 Å². The van der Waals surface area contributed by atoms with Gasteiger partial charge in [0.1, 0.15) is 5.69 Å². The average molecular weight is 316 g/mol. The first kappa shape index (κ1) is 16.7. The number of fused-ring (bicyclic) bond motifs is 1. The van der Waals surface area contributed by atoms with Crippen LogP contribution < -0.4 is 10.9 Å². The summed E-state index contributed by atoms with van der Waals surface area (Å²) in [6.45, 7) is 6.99. The molecule has 2 rings (SSSR count). The van der Waals surface area contributed by atoms with Gasteiger partial charge in [0.2, 0.25) is 0 Å². The second-order valence-electron chi connectivity index (χ2n) is 6.39. The van der Waals surface area contributed by atoms with Crippen LogP contribution >= 0.6 is 0 Å². The Balaban J connectivity index is 2.18. The molecule has 2 aromatic rings. The lowest BCUT2D eigenvalue weighted by Crippen LogP contribution is -2.46. The number of pyridine rings is 1. The van der Waals surface area contributed by atoms with E-state index >= 15 is 0 Å². The minimum atomic E-state index is -0.961. The SMILES string of the molecule is C[C@@H](OC(=O)c1cc2ccccc2c(=O)[nH]1)C(=O)NC(C)(C)C. The molecule has 6 nitrogen and oxygen atoms in total. The van der Waals surface area contributed by atoms with Gasteiger partial charge in [-0.1, -0.05) is 18.2 Å². The Kier molecular flexibility index (Phi) is 4.54. The van der Waals surface area contributed by atoms with Crippen molar-refractivity contribution in [2.75, 3.05) is 0 Å². The largest absolute Gasteiger partial charge is 0.448 e. The Bertz CT molecular complexity index is 802. The van der Waals surface area contributed by atoms with E-state index in [1.165, 1.54) is 13.0 Å². The predicted octanol–water partition coefficient (Wildman–Crippen LogP) is 1.99. The van der Waals surface area contributed by atoms with E-state index in [0.717, 1.165) is 0 Å². The van der Waals surface area contributed by atoms with Gasteiger partial charge in [0.05, 0.1) is 0 Å². The Morgan fingerprint density at radius 2 is 1.87 bits per heavy atom. The van der Waals surface area contributed by atoms with Gasteiger partial charge < -0.3 is 15.0 Å². The molecule has 1 atom stereocenters. The lowest BCUT2D eigenvalue weighted by atomic mass is 10.1. The zero-order chi connectivity index (χ0) is 17.2. The van der Waals surface area contributed by atoms with Gasteiger partial charge in [-0.3, -0.25) is 9.59 Å². The minimum Gasteiger partial charge on any atom is -0.448 e. The van der Waals surface area contributed by atoms with Gasteiger partial charge in [0.15, 0.2) is 6.10 Å². The van der Waals surface area contributed by atoms with Crippen LogP contribution in [0.4, 0.5) is 0 Å². The van der Waals surface area contributed by atoms with Gasteiger partial charge in [-0.05, 0) is 45.2 Å². The Hall–Kier alpha value is -2.63. The lowest BCUT2D eigenvalue weighted by Gasteiger charge is -2.23.